The van der Waals surface area contributed by atoms with Crippen LogP contribution < -0.4 is 10.5 Å². The molecule has 1 unspecified atom stereocenters. The van der Waals surface area contributed by atoms with Gasteiger partial charge in [-0.1, -0.05) is 12.1 Å². The van der Waals surface area contributed by atoms with E-state index in [2.05, 4.69) is 0 Å². The molecule has 0 radical (unpaired) electrons. The number of nitrogens with zero attached hydrogens (tertiary/aromatic N) is 1. The van der Waals surface area contributed by atoms with E-state index in [0.717, 1.165) is 0 Å². The lowest BCUT2D eigenvalue weighted by atomic mass is 9.83. The van der Waals surface area contributed by atoms with Gasteiger partial charge >= 0.3 is 5.97 Å². The highest BCUT2D eigenvalue weighted by Crippen LogP contribution is 2.40. The Morgan fingerprint density at radius 1 is 1.32 bits per heavy atom. The summed E-state index contributed by atoms with van der Waals surface area (Å²) in [5, 5.41) is 9.52. The standard InChI is InChI=1S/C18H19ClN2O4/c1-3-23-12-7-5-11(6-8-12)15-13(10-20)17(21)25-14(9-19)16(15)18(22)24-4-2/h5-8,15H,3-4,9,21H2,1-2H3. The van der Waals surface area contributed by atoms with Crippen molar-refractivity contribution in [2.45, 2.75) is 19.8 Å². The quantitative estimate of drug-likeness (QED) is 0.617. The van der Waals surface area contributed by atoms with Crippen LogP contribution in [0.5, 0.6) is 5.75 Å². The summed E-state index contributed by atoms with van der Waals surface area (Å²) in [6.45, 7) is 4.31. The number of alkyl halides is 1. The van der Waals surface area contributed by atoms with E-state index in [1.54, 1.807) is 31.2 Å². The first-order valence-electron chi connectivity index (χ1n) is 7.83. The lowest BCUT2D eigenvalue weighted by Crippen LogP contribution is -2.26. The zero-order chi connectivity index (χ0) is 18.4. The summed E-state index contributed by atoms with van der Waals surface area (Å²) in [7, 11) is 0. The molecule has 0 bridgehead atoms. The minimum atomic E-state index is -0.706. The maximum atomic E-state index is 12.5. The fourth-order valence-corrected chi connectivity index (χ4v) is 2.80. The van der Waals surface area contributed by atoms with Crippen molar-refractivity contribution >= 4 is 17.6 Å². The second-order valence-corrected chi connectivity index (χ2v) is 5.39. The molecule has 0 aromatic heterocycles. The van der Waals surface area contributed by atoms with Gasteiger partial charge in [-0.15, -0.1) is 11.6 Å². The van der Waals surface area contributed by atoms with E-state index < -0.39 is 11.9 Å². The molecule has 1 heterocycles. The predicted molar refractivity (Wildman–Crippen MR) is 92.6 cm³/mol. The fraction of sp³-hybridized carbons (Fsp3) is 0.333. The summed E-state index contributed by atoms with van der Waals surface area (Å²) >= 11 is 5.92. The van der Waals surface area contributed by atoms with Crippen molar-refractivity contribution in [2.75, 3.05) is 19.1 Å². The molecule has 6 nitrogen and oxygen atoms in total. The van der Waals surface area contributed by atoms with Crippen LogP contribution in [0.4, 0.5) is 0 Å². The molecule has 0 amide bonds. The van der Waals surface area contributed by atoms with Crippen LogP contribution in [-0.4, -0.2) is 25.1 Å². The van der Waals surface area contributed by atoms with E-state index in [1.807, 2.05) is 13.0 Å². The molecule has 0 fully saturated rings. The minimum absolute atomic E-state index is 0.0647. The van der Waals surface area contributed by atoms with Crippen molar-refractivity contribution < 1.29 is 19.0 Å². The van der Waals surface area contributed by atoms with Crippen LogP contribution in [0.15, 0.2) is 47.1 Å². The fourth-order valence-electron chi connectivity index (χ4n) is 2.61. The molecule has 7 heteroatoms. The van der Waals surface area contributed by atoms with Crippen LogP contribution in [-0.2, 0) is 14.3 Å². The molecule has 2 N–H and O–H groups in total. The first kappa shape index (κ1) is 18.7. The third-order valence-corrected chi connectivity index (χ3v) is 3.88. The lowest BCUT2D eigenvalue weighted by Gasteiger charge is -2.27. The maximum Gasteiger partial charge on any atom is 0.338 e. The Labute approximate surface area is 151 Å². The molecular formula is C18H19ClN2O4. The number of hydrogen-bond donors (Lipinski definition) is 1. The second-order valence-electron chi connectivity index (χ2n) is 5.12. The van der Waals surface area contributed by atoms with Gasteiger partial charge in [-0.25, -0.2) is 4.79 Å². The number of hydrogen-bond acceptors (Lipinski definition) is 6. The first-order valence-corrected chi connectivity index (χ1v) is 8.37. The number of nitriles is 1. The van der Waals surface area contributed by atoms with E-state index in [-0.39, 0.29) is 35.3 Å². The molecule has 1 aromatic carbocycles. The average molecular weight is 363 g/mol. The van der Waals surface area contributed by atoms with Gasteiger partial charge in [-0.05, 0) is 31.5 Å². The van der Waals surface area contributed by atoms with Gasteiger partial charge in [0, 0.05) is 0 Å². The molecule has 132 valence electrons. The van der Waals surface area contributed by atoms with Crippen LogP contribution in [0, 0.1) is 11.3 Å². The number of halogens is 1. The Kier molecular flexibility index (Phi) is 6.31. The van der Waals surface area contributed by atoms with E-state index in [0.29, 0.717) is 17.9 Å². The van der Waals surface area contributed by atoms with Crippen LogP contribution >= 0.6 is 11.6 Å². The number of benzene rings is 1. The van der Waals surface area contributed by atoms with Gasteiger partial charge in [0.2, 0.25) is 5.88 Å². The number of allylic oxidation sites excluding steroid dienone is 2. The Hall–Kier alpha value is -2.65. The molecule has 0 spiro atoms. The van der Waals surface area contributed by atoms with E-state index in [9.17, 15) is 10.1 Å². The van der Waals surface area contributed by atoms with Crippen LogP contribution in [0.2, 0.25) is 0 Å². The number of esters is 1. The largest absolute Gasteiger partial charge is 0.494 e. The maximum absolute atomic E-state index is 12.5. The smallest absolute Gasteiger partial charge is 0.338 e. The number of nitrogens with two attached hydrogens (primary N) is 1. The minimum Gasteiger partial charge on any atom is -0.494 e. The van der Waals surface area contributed by atoms with Crippen LogP contribution in [0.3, 0.4) is 0 Å². The Morgan fingerprint density at radius 2 is 2.00 bits per heavy atom. The normalized spacial score (nSPS) is 17.0. The van der Waals surface area contributed by atoms with Crippen molar-refractivity contribution in [1.29, 1.82) is 5.26 Å². The first-order chi connectivity index (χ1) is 12.1. The molecule has 1 aromatic rings. The van der Waals surface area contributed by atoms with Gasteiger partial charge in [0.15, 0.2) is 0 Å². The van der Waals surface area contributed by atoms with Crippen molar-refractivity contribution in [3.63, 3.8) is 0 Å². The number of rotatable bonds is 6. The van der Waals surface area contributed by atoms with Gasteiger partial charge in [0.25, 0.3) is 0 Å². The lowest BCUT2D eigenvalue weighted by molar-refractivity contribution is -0.139. The van der Waals surface area contributed by atoms with E-state index in [1.165, 1.54) is 0 Å². The molecule has 2 rings (SSSR count). The molecule has 1 aliphatic rings. The van der Waals surface area contributed by atoms with Gasteiger partial charge < -0.3 is 19.9 Å². The summed E-state index contributed by atoms with van der Waals surface area (Å²) in [5.74, 6) is -0.547. The average Bonchev–Trinajstić information content (AvgIpc) is 2.61. The van der Waals surface area contributed by atoms with Crippen molar-refractivity contribution in [3.05, 3.63) is 52.6 Å². The zero-order valence-electron chi connectivity index (χ0n) is 14.0. The zero-order valence-corrected chi connectivity index (χ0v) is 14.8. The summed E-state index contributed by atoms with van der Waals surface area (Å²) < 4.78 is 15.9. The summed E-state index contributed by atoms with van der Waals surface area (Å²) in [6.07, 6.45) is 0. The van der Waals surface area contributed by atoms with Gasteiger partial charge in [-0.2, -0.15) is 5.26 Å². The molecular weight excluding hydrogens is 344 g/mol. The molecule has 1 atom stereocenters. The molecule has 1 aliphatic heterocycles. The Balaban J connectivity index is 2.56. The highest BCUT2D eigenvalue weighted by molar-refractivity contribution is 6.19. The third-order valence-electron chi connectivity index (χ3n) is 3.64. The number of ether oxygens (including phenoxy) is 3. The van der Waals surface area contributed by atoms with Crippen molar-refractivity contribution in [2.24, 2.45) is 5.73 Å². The predicted octanol–water partition coefficient (Wildman–Crippen LogP) is 2.95. The Bertz CT molecular complexity index is 747. The van der Waals surface area contributed by atoms with Crippen molar-refractivity contribution in [1.82, 2.24) is 0 Å². The summed E-state index contributed by atoms with van der Waals surface area (Å²) in [4.78, 5) is 12.5. The van der Waals surface area contributed by atoms with Gasteiger partial charge in [0.05, 0.1) is 30.6 Å². The summed E-state index contributed by atoms with van der Waals surface area (Å²) in [6, 6.07) is 9.11. The second kappa shape index (κ2) is 8.45. The third kappa shape index (κ3) is 3.89. The molecule has 0 saturated heterocycles. The van der Waals surface area contributed by atoms with Crippen molar-refractivity contribution in [3.8, 4) is 11.8 Å². The number of carbonyl (C=O) groups excluding carboxylic acids is 1. The molecule has 0 saturated carbocycles. The summed E-state index contributed by atoms with van der Waals surface area (Å²) in [5.41, 5.74) is 6.88. The Morgan fingerprint density at radius 3 is 2.52 bits per heavy atom. The SMILES string of the molecule is CCOC(=O)C1=C(CCl)OC(N)=C(C#N)C1c1ccc(OCC)cc1. The van der Waals surface area contributed by atoms with Crippen LogP contribution in [0.1, 0.15) is 25.3 Å². The number of carbonyl (C=O) groups is 1. The topological polar surface area (TPSA) is 94.6 Å². The highest BCUT2D eigenvalue weighted by atomic mass is 35.5. The highest BCUT2D eigenvalue weighted by Gasteiger charge is 2.37. The van der Waals surface area contributed by atoms with Gasteiger partial charge in [0.1, 0.15) is 23.2 Å². The monoisotopic (exact) mass is 362 g/mol. The molecule has 0 aliphatic carbocycles. The van der Waals surface area contributed by atoms with E-state index >= 15 is 0 Å². The molecule has 25 heavy (non-hydrogen) atoms. The van der Waals surface area contributed by atoms with E-state index in [4.69, 9.17) is 31.5 Å². The van der Waals surface area contributed by atoms with Crippen LogP contribution in [0.25, 0.3) is 0 Å². The van der Waals surface area contributed by atoms with Gasteiger partial charge in [-0.3, -0.25) is 0 Å².